The molecule has 88 valence electrons. The number of para-hydroxylation sites is 1. The molecule has 2 nitrogen and oxygen atoms in total. The van der Waals surface area contributed by atoms with Gasteiger partial charge in [-0.25, -0.2) is 0 Å². The Bertz CT molecular complexity index is 529. The minimum absolute atomic E-state index is 0.444. The standard InChI is InChI=1S/C13H11Br2NO/c14-10-5-6-12(9(7-10)8-16)17-13-4-2-1-3-11(13)15/h1-7H,8,16H2. The highest BCUT2D eigenvalue weighted by Crippen LogP contribution is 2.32. The fraction of sp³-hybridized carbons (Fsp3) is 0.0769. The zero-order valence-corrected chi connectivity index (χ0v) is 12.2. The van der Waals surface area contributed by atoms with Crippen LogP contribution in [0.15, 0.2) is 51.4 Å². The highest BCUT2D eigenvalue weighted by Gasteiger charge is 2.06. The number of halogens is 2. The third-order valence-corrected chi connectivity index (χ3v) is 3.45. The van der Waals surface area contributed by atoms with Crippen LogP contribution in [0.4, 0.5) is 0 Å². The molecule has 2 N–H and O–H groups in total. The minimum atomic E-state index is 0.444. The molecule has 0 saturated heterocycles. The zero-order valence-electron chi connectivity index (χ0n) is 8.99. The summed E-state index contributed by atoms with van der Waals surface area (Å²) in [7, 11) is 0. The third kappa shape index (κ3) is 3.09. The van der Waals surface area contributed by atoms with Crippen LogP contribution in [-0.2, 0) is 6.54 Å². The van der Waals surface area contributed by atoms with E-state index in [9.17, 15) is 0 Å². The number of hydrogen-bond donors (Lipinski definition) is 1. The summed E-state index contributed by atoms with van der Waals surface area (Å²) in [5.74, 6) is 1.56. The summed E-state index contributed by atoms with van der Waals surface area (Å²) in [5.41, 5.74) is 6.67. The quantitative estimate of drug-likeness (QED) is 0.880. The molecule has 0 aliphatic heterocycles. The molecule has 0 bridgehead atoms. The number of nitrogens with two attached hydrogens (primary N) is 1. The first kappa shape index (κ1) is 12.6. The summed E-state index contributed by atoms with van der Waals surface area (Å²) in [6.45, 7) is 0.444. The number of hydrogen-bond acceptors (Lipinski definition) is 2. The molecule has 4 heteroatoms. The van der Waals surface area contributed by atoms with Crippen LogP contribution in [0.25, 0.3) is 0 Å². The van der Waals surface area contributed by atoms with Crippen LogP contribution in [0.5, 0.6) is 11.5 Å². The van der Waals surface area contributed by atoms with Crippen molar-refractivity contribution in [2.45, 2.75) is 6.54 Å². The van der Waals surface area contributed by atoms with Crippen molar-refractivity contribution in [3.63, 3.8) is 0 Å². The summed E-state index contributed by atoms with van der Waals surface area (Å²) < 4.78 is 7.76. The van der Waals surface area contributed by atoms with Gasteiger partial charge in [-0.15, -0.1) is 0 Å². The van der Waals surface area contributed by atoms with E-state index in [2.05, 4.69) is 31.9 Å². The Hall–Kier alpha value is -0.840. The lowest BCUT2D eigenvalue weighted by molar-refractivity contribution is 0.473. The van der Waals surface area contributed by atoms with Gasteiger partial charge in [-0.05, 0) is 46.3 Å². The predicted octanol–water partition coefficient (Wildman–Crippen LogP) is 4.46. The van der Waals surface area contributed by atoms with E-state index < -0.39 is 0 Å². The lowest BCUT2D eigenvalue weighted by Gasteiger charge is -2.11. The lowest BCUT2D eigenvalue weighted by atomic mass is 10.2. The van der Waals surface area contributed by atoms with Crippen LogP contribution in [0.1, 0.15) is 5.56 Å². The molecule has 0 unspecified atom stereocenters. The van der Waals surface area contributed by atoms with Crippen molar-refractivity contribution in [3.05, 3.63) is 57.0 Å². The topological polar surface area (TPSA) is 35.2 Å². The highest BCUT2D eigenvalue weighted by atomic mass is 79.9. The van der Waals surface area contributed by atoms with Crippen molar-refractivity contribution in [1.29, 1.82) is 0 Å². The van der Waals surface area contributed by atoms with E-state index in [1.807, 2.05) is 42.5 Å². The molecule has 0 spiro atoms. The van der Waals surface area contributed by atoms with Gasteiger partial charge in [0.25, 0.3) is 0 Å². The third-order valence-electron chi connectivity index (χ3n) is 2.30. The number of rotatable bonds is 3. The van der Waals surface area contributed by atoms with Gasteiger partial charge in [-0.3, -0.25) is 0 Å². The van der Waals surface area contributed by atoms with Crippen LogP contribution in [0.3, 0.4) is 0 Å². The van der Waals surface area contributed by atoms with Gasteiger partial charge < -0.3 is 10.5 Å². The van der Waals surface area contributed by atoms with E-state index >= 15 is 0 Å². The van der Waals surface area contributed by atoms with E-state index in [1.54, 1.807) is 0 Å². The molecule has 0 heterocycles. The van der Waals surface area contributed by atoms with Crippen LogP contribution in [0.2, 0.25) is 0 Å². The molecule has 0 saturated carbocycles. The summed E-state index contributed by atoms with van der Waals surface area (Å²) in [4.78, 5) is 0. The lowest BCUT2D eigenvalue weighted by Crippen LogP contribution is -1.99. The van der Waals surface area contributed by atoms with Crippen LogP contribution in [-0.4, -0.2) is 0 Å². The molecule has 2 rings (SSSR count). The van der Waals surface area contributed by atoms with E-state index in [0.29, 0.717) is 6.54 Å². The van der Waals surface area contributed by atoms with Gasteiger partial charge in [0.1, 0.15) is 11.5 Å². The largest absolute Gasteiger partial charge is 0.456 e. The maximum atomic E-state index is 5.84. The van der Waals surface area contributed by atoms with Crippen molar-refractivity contribution < 1.29 is 4.74 Å². The van der Waals surface area contributed by atoms with Gasteiger partial charge in [0.2, 0.25) is 0 Å². The second kappa shape index (κ2) is 5.67. The Balaban J connectivity index is 2.33. The van der Waals surface area contributed by atoms with E-state index in [4.69, 9.17) is 10.5 Å². The Morgan fingerprint density at radius 1 is 1.00 bits per heavy atom. The molecular formula is C13H11Br2NO. The predicted molar refractivity (Wildman–Crippen MR) is 76.2 cm³/mol. The Morgan fingerprint density at radius 2 is 1.76 bits per heavy atom. The maximum Gasteiger partial charge on any atom is 0.141 e. The van der Waals surface area contributed by atoms with E-state index in [-0.39, 0.29) is 0 Å². The first-order chi connectivity index (χ1) is 8.20. The molecule has 0 fully saturated rings. The summed E-state index contributed by atoms with van der Waals surface area (Å²) in [6, 6.07) is 13.5. The smallest absolute Gasteiger partial charge is 0.141 e. The SMILES string of the molecule is NCc1cc(Br)ccc1Oc1ccccc1Br. The first-order valence-electron chi connectivity index (χ1n) is 5.11. The first-order valence-corrected chi connectivity index (χ1v) is 6.70. The van der Waals surface area contributed by atoms with Crippen molar-refractivity contribution >= 4 is 31.9 Å². The Labute approximate surface area is 117 Å². The Kier molecular flexibility index (Phi) is 4.20. The van der Waals surface area contributed by atoms with Crippen molar-refractivity contribution in [2.75, 3.05) is 0 Å². The molecule has 0 atom stereocenters. The molecular weight excluding hydrogens is 346 g/mol. The average Bonchev–Trinajstić information content (AvgIpc) is 2.34. The van der Waals surface area contributed by atoms with Gasteiger partial charge in [0.05, 0.1) is 4.47 Å². The summed E-state index contributed by atoms with van der Waals surface area (Å²) in [6.07, 6.45) is 0. The molecule has 2 aromatic carbocycles. The van der Waals surface area contributed by atoms with Crippen LogP contribution >= 0.6 is 31.9 Å². The highest BCUT2D eigenvalue weighted by molar-refractivity contribution is 9.10. The van der Waals surface area contributed by atoms with Gasteiger partial charge in [-0.2, -0.15) is 0 Å². The van der Waals surface area contributed by atoms with Crippen molar-refractivity contribution in [3.8, 4) is 11.5 Å². The van der Waals surface area contributed by atoms with Gasteiger partial charge in [0, 0.05) is 16.6 Å². The fourth-order valence-corrected chi connectivity index (χ4v) is 2.23. The summed E-state index contributed by atoms with van der Waals surface area (Å²) >= 11 is 6.87. The molecule has 0 aliphatic carbocycles. The van der Waals surface area contributed by atoms with Crippen LogP contribution < -0.4 is 10.5 Å². The molecule has 17 heavy (non-hydrogen) atoms. The van der Waals surface area contributed by atoms with E-state index in [1.165, 1.54) is 0 Å². The fourth-order valence-electron chi connectivity index (χ4n) is 1.45. The van der Waals surface area contributed by atoms with Crippen LogP contribution in [0, 0.1) is 0 Å². The number of benzene rings is 2. The number of ether oxygens (including phenoxy) is 1. The monoisotopic (exact) mass is 355 g/mol. The van der Waals surface area contributed by atoms with Gasteiger partial charge >= 0.3 is 0 Å². The minimum Gasteiger partial charge on any atom is -0.456 e. The molecule has 2 aromatic rings. The molecule has 0 aromatic heterocycles. The summed E-state index contributed by atoms with van der Waals surface area (Å²) in [5, 5.41) is 0. The average molecular weight is 357 g/mol. The molecule has 0 aliphatic rings. The van der Waals surface area contributed by atoms with Gasteiger partial charge in [-0.1, -0.05) is 28.1 Å². The molecule has 0 radical (unpaired) electrons. The zero-order chi connectivity index (χ0) is 12.3. The second-order valence-electron chi connectivity index (χ2n) is 3.49. The normalized spacial score (nSPS) is 10.3. The van der Waals surface area contributed by atoms with E-state index in [0.717, 1.165) is 26.0 Å². The van der Waals surface area contributed by atoms with Gasteiger partial charge in [0.15, 0.2) is 0 Å². The van der Waals surface area contributed by atoms with Crippen molar-refractivity contribution in [1.82, 2.24) is 0 Å². The maximum absolute atomic E-state index is 5.84. The van der Waals surface area contributed by atoms with Crippen molar-refractivity contribution in [2.24, 2.45) is 5.73 Å². The molecule has 0 amide bonds. The Morgan fingerprint density at radius 3 is 2.47 bits per heavy atom. The second-order valence-corrected chi connectivity index (χ2v) is 5.26.